The number of methoxy groups -OCH3 is 1. The molecule has 1 heterocycles. The van der Waals surface area contributed by atoms with Gasteiger partial charge in [-0.1, -0.05) is 34.8 Å². The fraction of sp³-hybridized carbons (Fsp3) is 0.0476. The molecule has 0 bridgehead atoms. The summed E-state index contributed by atoms with van der Waals surface area (Å²) in [4.78, 5) is 20.4. The summed E-state index contributed by atoms with van der Waals surface area (Å²) in [7, 11) is 1.53. The average molecular weight is 447 g/mol. The van der Waals surface area contributed by atoms with E-state index in [1.165, 1.54) is 13.2 Å². The molecule has 146 valence electrons. The van der Waals surface area contributed by atoms with Crippen molar-refractivity contribution in [1.29, 1.82) is 0 Å². The number of imidazole rings is 1. The minimum Gasteiger partial charge on any atom is -0.495 e. The molecule has 4 aromatic rings. The number of carbonyl (C=O) groups is 1. The molecule has 4 rings (SSSR count). The molecule has 8 heteroatoms. The van der Waals surface area contributed by atoms with Crippen molar-refractivity contribution in [3.8, 4) is 17.1 Å². The third-order valence-corrected chi connectivity index (χ3v) is 5.32. The zero-order chi connectivity index (χ0) is 20.5. The lowest BCUT2D eigenvalue weighted by atomic mass is 10.1. The van der Waals surface area contributed by atoms with Crippen molar-refractivity contribution in [1.82, 2.24) is 9.97 Å². The Morgan fingerprint density at radius 2 is 1.83 bits per heavy atom. The second kappa shape index (κ2) is 7.95. The molecule has 2 N–H and O–H groups in total. The van der Waals surface area contributed by atoms with Gasteiger partial charge in [0.05, 0.1) is 33.9 Å². The number of aromatic amines is 1. The number of ether oxygens (including phenoxy) is 1. The maximum Gasteiger partial charge on any atom is 0.255 e. The van der Waals surface area contributed by atoms with Gasteiger partial charge in [-0.15, -0.1) is 0 Å². The number of benzene rings is 3. The van der Waals surface area contributed by atoms with Crippen LogP contribution in [0, 0.1) is 0 Å². The van der Waals surface area contributed by atoms with Gasteiger partial charge in [0.1, 0.15) is 11.6 Å². The van der Waals surface area contributed by atoms with Crippen molar-refractivity contribution in [3.05, 3.63) is 75.2 Å². The molecule has 1 amide bonds. The Labute approximate surface area is 181 Å². The molecule has 0 aliphatic heterocycles. The van der Waals surface area contributed by atoms with Crippen LogP contribution < -0.4 is 10.1 Å². The first-order valence-corrected chi connectivity index (χ1v) is 9.68. The average Bonchev–Trinajstić information content (AvgIpc) is 3.13. The van der Waals surface area contributed by atoms with Crippen LogP contribution in [0.2, 0.25) is 15.1 Å². The van der Waals surface area contributed by atoms with Gasteiger partial charge in [-0.25, -0.2) is 4.98 Å². The number of halogens is 3. The Hall–Kier alpha value is -2.73. The molecule has 1 aromatic heterocycles. The van der Waals surface area contributed by atoms with Crippen LogP contribution in [0.3, 0.4) is 0 Å². The highest BCUT2D eigenvalue weighted by molar-refractivity contribution is 6.42. The quantitative estimate of drug-likeness (QED) is 0.378. The van der Waals surface area contributed by atoms with E-state index in [9.17, 15) is 4.79 Å². The van der Waals surface area contributed by atoms with E-state index in [1.807, 2.05) is 18.2 Å². The maximum absolute atomic E-state index is 12.6. The lowest BCUT2D eigenvalue weighted by Crippen LogP contribution is -2.12. The lowest BCUT2D eigenvalue weighted by molar-refractivity contribution is 0.102. The van der Waals surface area contributed by atoms with Gasteiger partial charge in [-0.3, -0.25) is 4.79 Å². The number of hydrogen-bond donors (Lipinski definition) is 2. The van der Waals surface area contributed by atoms with Crippen molar-refractivity contribution in [3.63, 3.8) is 0 Å². The fourth-order valence-electron chi connectivity index (χ4n) is 2.89. The molecule has 0 saturated carbocycles. The molecule has 0 aliphatic carbocycles. The van der Waals surface area contributed by atoms with Gasteiger partial charge in [-0.2, -0.15) is 0 Å². The number of hydrogen-bond acceptors (Lipinski definition) is 3. The van der Waals surface area contributed by atoms with E-state index in [0.717, 1.165) is 16.6 Å². The van der Waals surface area contributed by atoms with E-state index in [-0.39, 0.29) is 5.91 Å². The number of anilines is 1. The molecule has 0 spiro atoms. The van der Waals surface area contributed by atoms with Crippen LogP contribution in [0.1, 0.15) is 10.4 Å². The van der Waals surface area contributed by atoms with Crippen LogP contribution in [0.15, 0.2) is 54.6 Å². The van der Waals surface area contributed by atoms with Crippen LogP contribution in [0.5, 0.6) is 5.75 Å². The van der Waals surface area contributed by atoms with Gasteiger partial charge in [0, 0.05) is 16.1 Å². The van der Waals surface area contributed by atoms with Gasteiger partial charge in [0.25, 0.3) is 5.91 Å². The van der Waals surface area contributed by atoms with Crippen LogP contribution in [-0.4, -0.2) is 23.0 Å². The highest BCUT2D eigenvalue weighted by atomic mass is 35.5. The fourth-order valence-corrected chi connectivity index (χ4v) is 3.36. The normalized spacial score (nSPS) is 10.9. The van der Waals surface area contributed by atoms with Gasteiger partial charge < -0.3 is 15.0 Å². The topological polar surface area (TPSA) is 67.0 Å². The van der Waals surface area contributed by atoms with E-state index in [1.54, 1.807) is 30.3 Å². The van der Waals surface area contributed by atoms with Crippen molar-refractivity contribution >= 4 is 57.4 Å². The number of nitrogens with zero attached hydrogens (tertiary/aromatic N) is 1. The van der Waals surface area contributed by atoms with Crippen LogP contribution in [0.25, 0.3) is 22.4 Å². The Kier molecular flexibility index (Phi) is 5.37. The lowest BCUT2D eigenvalue weighted by Gasteiger charge is -2.12. The van der Waals surface area contributed by atoms with Crippen LogP contribution >= 0.6 is 34.8 Å². The highest BCUT2D eigenvalue weighted by Gasteiger charge is 2.14. The van der Waals surface area contributed by atoms with Gasteiger partial charge in [0.15, 0.2) is 0 Å². The number of aromatic nitrogens is 2. The first kappa shape index (κ1) is 19.6. The van der Waals surface area contributed by atoms with Gasteiger partial charge in [0.2, 0.25) is 0 Å². The minimum absolute atomic E-state index is 0.312. The number of carbonyl (C=O) groups excluding carboxylic acids is 1. The second-order valence-corrected chi connectivity index (χ2v) is 7.50. The Balaban J connectivity index is 1.63. The van der Waals surface area contributed by atoms with Crippen molar-refractivity contribution in [2.75, 3.05) is 12.4 Å². The summed E-state index contributed by atoms with van der Waals surface area (Å²) in [5.74, 6) is 0.838. The van der Waals surface area contributed by atoms with Crippen LogP contribution in [0.4, 0.5) is 5.69 Å². The molecule has 0 fully saturated rings. The standard InChI is InChI=1S/C21H14Cl3N3O2/c1-29-19-9-11(20-25-16-7-4-13(22)10-18(16)26-20)3-6-17(19)27-21(28)12-2-5-14(23)15(24)8-12/h2-10H,1H3,(H,25,26)(H,27,28). The van der Waals surface area contributed by atoms with E-state index in [0.29, 0.717) is 37.9 Å². The first-order valence-electron chi connectivity index (χ1n) is 8.54. The molecular weight excluding hydrogens is 433 g/mol. The van der Waals surface area contributed by atoms with E-state index in [4.69, 9.17) is 39.5 Å². The predicted octanol–water partition coefficient (Wildman–Crippen LogP) is 6.45. The summed E-state index contributed by atoms with van der Waals surface area (Å²) in [5, 5.41) is 4.15. The molecule has 0 atom stereocenters. The third kappa shape index (κ3) is 4.03. The molecule has 0 unspecified atom stereocenters. The maximum atomic E-state index is 12.6. The Morgan fingerprint density at radius 3 is 2.59 bits per heavy atom. The molecule has 0 radical (unpaired) electrons. The Morgan fingerprint density at radius 1 is 1.00 bits per heavy atom. The van der Waals surface area contributed by atoms with Crippen molar-refractivity contribution in [2.24, 2.45) is 0 Å². The number of H-pyrrole nitrogens is 1. The summed E-state index contributed by atoms with van der Waals surface area (Å²) in [6.07, 6.45) is 0. The predicted molar refractivity (Wildman–Crippen MR) is 118 cm³/mol. The van der Waals surface area contributed by atoms with Crippen molar-refractivity contribution < 1.29 is 9.53 Å². The summed E-state index contributed by atoms with van der Waals surface area (Å²) in [5.41, 5.74) is 3.36. The van der Waals surface area contributed by atoms with Crippen LogP contribution in [-0.2, 0) is 0 Å². The monoisotopic (exact) mass is 445 g/mol. The van der Waals surface area contributed by atoms with Crippen molar-refractivity contribution in [2.45, 2.75) is 0 Å². The van der Waals surface area contributed by atoms with E-state index in [2.05, 4.69) is 15.3 Å². The zero-order valence-electron chi connectivity index (χ0n) is 15.1. The Bertz CT molecular complexity index is 1240. The summed E-state index contributed by atoms with van der Waals surface area (Å²) in [6, 6.07) is 15.5. The number of amides is 1. The molecular formula is C21H14Cl3N3O2. The van der Waals surface area contributed by atoms with Gasteiger partial charge >= 0.3 is 0 Å². The third-order valence-electron chi connectivity index (χ3n) is 4.35. The smallest absolute Gasteiger partial charge is 0.255 e. The molecule has 29 heavy (non-hydrogen) atoms. The molecule has 3 aromatic carbocycles. The first-order chi connectivity index (χ1) is 13.9. The second-order valence-electron chi connectivity index (χ2n) is 6.24. The highest BCUT2D eigenvalue weighted by Crippen LogP contribution is 2.32. The van der Waals surface area contributed by atoms with E-state index < -0.39 is 0 Å². The number of fused-ring (bicyclic) bond motifs is 1. The summed E-state index contributed by atoms with van der Waals surface area (Å²) < 4.78 is 5.46. The zero-order valence-corrected chi connectivity index (χ0v) is 17.4. The summed E-state index contributed by atoms with van der Waals surface area (Å²) >= 11 is 17.9. The molecule has 0 aliphatic rings. The molecule has 5 nitrogen and oxygen atoms in total. The number of nitrogens with one attached hydrogen (secondary N) is 2. The van der Waals surface area contributed by atoms with E-state index >= 15 is 0 Å². The van der Waals surface area contributed by atoms with Gasteiger partial charge in [-0.05, 0) is 54.6 Å². The molecule has 0 saturated heterocycles. The largest absolute Gasteiger partial charge is 0.495 e. The number of rotatable bonds is 4. The SMILES string of the molecule is COc1cc(-c2nc3ccc(Cl)cc3[nH]2)ccc1NC(=O)c1ccc(Cl)c(Cl)c1. The summed E-state index contributed by atoms with van der Waals surface area (Å²) in [6.45, 7) is 0. The minimum atomic E-state index is -0.326.